The van der Waals surface area contributed by atoms with Gasteiger partial charge in [-0.3, -0.25) is 0 Å². The Morgan fingerprint density at radius 1 is 1.30 bits per heavy atom. The molecule has 1 heterocycles. The predicted octanol–water partition coefficient (Wildman–Crippen LogP) is 4.06. The first-order chi connectivity index (χ1) is 9.37. The Bertz CT molecular complexity index is 623. The van der Waals surface area contributed by atoms with Gasteiger partial charge < -0.3 is 9.30 Å². The number of nitrogens with zero attached hydrogens (tertiary/aromatic N) is 1. The van der Waals surface area contributed by atoms with Crippen LogP contribution >= 0.6 is 0 Å². The predicted molar refractivity (Wildman–Crippen MR) is 82.0 cm³/mol. The van der Waals surface area contributed by atoms with E-state index in [1.807, 2.05) is 31.5 Å². The van der Waals surface area contributed by atoms with Crippen LogP contribution in [0.5, 0.6) is 0 Å². The quantitative estimate of drug-likeness (QED) is 0.786. The van der Waals surface area contributed by atoms with Gasteiger partial charge in [-0.25, -0.2) is 4.79 Å². The number of aromatic nitrogens is 1. The fourth-order valence-electron chi connectivity index (χ4n) is 2.41. The molecule has 0 unspecified atom stereocenters. The first-order valence-electron chi connectivity index (χ1n) is 7.16. The van der Waals surface area contributed by atoms with E-state index in [4.69, 9.17) is 4.74 Å². The van der Waals surface area contributed by atoms with Crippen LogP contribution in [0.1, 0.15) is 46.1 Å². The molecule has 2 rings (SSSR count). The maximum atomic E-state index is 12.1. The lowest BCUT2D eigenvalue weighted by molar-refractivity contribution is -0.151. The highest BCUT2D eigenvalue weighted by molar-refractivity contribution is 5.85. The van der Waals surface area contributed by atoms with Crippen molar-refractivity contribution in [3.8, 4) is 0 Å². The molecule has 20 heavy (non-hydrogen) atoms. The molecule has 0 saturated heterocycles. The zero-order valence-electron chi connectivity index (χ0n) is 12.9. The van der Waals surface area contributed by atoms with Crippen molar-refractivity contribution < 1.29 is 9.53 Å². The maximum absolute atomic E-state index is 12.1. The molecule has 0 aliphatic heterocycles. The van der Waals surface area contributed by atoms with Gasteiger partial charge in [0.05, 0.1) is 6.61 Å². The summed E-state index contributed by atoms with van der Waals surface area (Å²) < 4.78 is 7.17. The molecule has 0 saturated carbocycles. The number of carbonyl (C=O) groups is 1. The molecule has 0 N–H and O–H groups in total. The lowest BCUT2D eigenvalue weighted by Gasteiger charge is -2.25. The summed E-state index contributed by atoms with van der Waals surface area (Å²) in [5.74, 6) is 0.297. The first kappa shape index (κ1) is 14.6. The smallest absolute Gasteiger partial charge is 0.331 e. The monoisotopic (exact) mass is 273 g/mol. The van der Waals surface area contributed by atoms with Gasteiger partial charge in [-0.15, -0.1) is 0 Å². The van der Waals surface area contributed by atoms with E-state index >= 15 is 0 Å². The van der Waals surface area contributed by atoms with Crippen molar-refractivity contribution in [1.29, 1.82) is 0 Å². The van der Waals surface area contributed by atoms with Crippen molar-refractivity contribution in [2.45, 2.75) is 46.1 Å². The van der Waals surface area contributed by atoms with E-state index in [0.717, 1.165) is 10.9 Å². The van der Waals surface area contributed by atoms with Gasteiger partial charge in [0.15, 0.2) is 0 Å². The standard InChI is InChI=1S/C17H23NO2/c1-6-20-16(19)17(4,5)18-10-9-14-11-13(12(2)3)7-8-15(14)18/h7-12H,6H2,1-5H3. The Hall–Kier alpha value is -1.77. The Kier molecular flexibility index (Phi) is 3.89. The molecule has 0 radical (unpaired) electrons. The molecule has 108 valence electrons. The molecule has 0 atom stereocenters. The number of fused-ring (bicyclic) bond motifs is 1. The highest BCUT2D eigenvalue weighted by atomic mass is 16.5. The van der Waals surface area contributed by atoms with Gasteiger partial charge in [0.1, 0.15) is 5.54 Å². The molecule has 2 aromatic rings. The highest BCUT2D eigenvalue weighted by Gasteiger charge is 2.31. The summed E-state index contributed by atoms with van der Waals surface area (Å²) in [6, 6.07) is 8.47. The Labute approximate surface area is 120 Å². The van der Waals surface area contributed by atoms with E-state index in [9.17, 15) is 4.79 Å². The number of esters is 1. The molecule has 0 bridgehead atoms. The van der Waals surface area contributed by atoms with Crippen LogP contribution in [-0.2, 0) is 15.1 Å². The lowest BCUT2D eigenvalue weighted by Crippen LogP contribution is -2.36. The van der Waals surface area contributed by atoms with Gasteiger partial charge in [0.2, 0.25) is 0 Å². The van der Waals surface area contributed by atoms with Gasteiger partial charge in [-0.05, 0) is 55.8 Å². The molecular formula is C17H23NO2. The summed E-state index contributed by atoms with van der Waals surface area (Å²) >= 11 is 0. The summed E-state index contributed by atoms with van der Waals surface area (Å²) in [5, 5.41) is 1.16. The second kappa shape index (κ2) is 5.31. The number of benzene rings is 1. The van der Waals surface area contributed by atoms with E-state index in [1.54, 1.807) is 0 Å². The second-order valence-corrected chi connectivity index (χ2v) is 5.94. The van der Waals surface area contributed by atoms with Crippen molar-refractivity contribution in [3.63, 3.8) is 0 Å². The van der Waals surface area contributed by atoms with Crippen LogP contribution in [0.15, 0.2) is 30.5 Å². The summed E-state index contributed by atoms with van der Waals surface area (Å²) in [7, 11) is 0. The summed E-state index contributed by atoms with van der Waals surface area (Å²) in [4.78, 5) is 12.1. The normalized spacial score (nSPS) is 12.1. The fourth-order valence-corrected chi connectivity index (χ4v) is 2.41. The second-order valence-electron chi connectivity index (χ2n) is 5.94. The molecule has 0 spiro atoms. The van der Waals surface area contributed by atoms with E-state index < -0.39 is 5.54 Å². The summed E-state index contributed by atoms with van der Waals surface area (Å²) in [6.45, 7) is 10.4. The third kappa shape index (κ3) is 2.45. The topological polar surface area (TPSA) is 31.2 Å². The number of hydrogen-bond acceptors (Lipinski definition) is 2. The van der Waals surface area contributed by atoms with E-state index in [-0.39, 0.29) is 5.97 Å². The molecule has 0 aliphatic rings. The van der Waals surface area contributed by atoms with Gasteiger partial charge in [-0.1, -0.05) is 19.9 Å². The average Bonchev–Trinajstić information content (AvgIpc) is 2.82. The summed E-state index contributed by atoms with van der Waals surface area (Å²) in [5.41, 5.74) is 1.67. The molecule has 1 aromatic heterocycles. The number of ether oxygens (including phenoxy) is 1. The van der Waals surface area contributed by atoms with Crippen LogP contribution in [0.4, 0.5) is 0 Å². The highest BCUT2D eigenvalue weighted by Crippen LogP contribution is 2.28. The van der Waals surface area contributed by atoms with E-state index in [0.29, 0.717) is 12.5 Å². The lowest BCUT2D eigenvalue weighted by atomic mass is 10.0. The van der Waals surface area contributed by atoms with Crippen molar-refractivity contribution in [1.82, 2.24) is 4.57 Å². The zero-order chi connectivity index (χ0) is 14.9. The van der Waals surface area contributed by atoms with Crippen LogP contribution in [0, 0.1) is 0 Å². The van der Waals surface area contributed by atoms with E-state index in [2.05, 4.69) is 38.1 Å². The molecule has 0 aliphatic carbocycles. The van der Waals surface area contributed by atoms with Crippen LogP contribution < -0.4 is 0 Å². The molecule has 0 amide bonds. The van der Waals surface area contributed by atoms with Crippen LogP contribution in [0.25, 0.3) is 10.9 Å². The number of hydrogen-bond donors (Lipinski definition) is 0. The molecule has 3 nitrogen and oxygen atoms in total. The summed E-state index contributed by atoms with van der Waals surface area (Å²) in [6.07, 6.45) is 1.96. The van der Waals surface area contributed by atoms with Crippen molar-refractivity contribution in [2.24, 2.45) is 0 Å². The molecule has 0 fully saturated rings. The van der Waals surface area contributed by atoms with E-state index in [1.165, 1.54) is 5.56 Å². The molecule has 3 heteroatoms. The average molecular weight is 273 g/mol. The van der Waals surface area contributed by atoms with Crippen molar-refractivity contribution in [2.75, 3.05) is 6.61 Å². The minimum Gasteiger partial charge on any atom is -0.464 e. The van der Waals surface area contributed by atoms with Crippen LogP contribution in [0.2, 0.25) is 0 Å². The maximum Gasteiger partial charge on any atom is 0.331 e. The van der Waals surface area contributed by atoms with Crippen LogP contribution in [-0.4, -0.2) is 17.1 Å². The van der Waals surface area contributed by atoms with Gasteiger partial charge in [0.25, 0.3) is 0 Å². The van der Waals surface area contributed by atoms with Gasteiger partial charge >= 0.3 is 5.97 Å². The first-order valence-corrected chi connectivity index (χ1v) is 7.16. The third-order valence-electron chi connectivity index (χ3n) is 3.76. The minimum atomic E-state index is -0.697. The fraction of sp³-hybridized carbons (Fsp3) is 0.471. The number of rotatable bonds is 4. The van der Waals surface area contributed by atoms with Gasteiger partial charge in [0, 0.05) is 11.7 Å². The van der Waals surface area contributed by atoms with Gasteiger partial charge in [-0.2, -0.15) is 0 Å². The van der Waals surface area contributed by atoms with Crippen LogP contribution in [0.3, 0.4) is 0 Å². The SMILES string of the molecule is CCOC(=O)C(C)(C)n1ccc2cc(C(C)C)ccc21. The van der Waals surface area contributed by atoms with Crippen molar-refractivity contribution >= 4 is 16.9 Å². The van der Waals surface area contributed by atoms with Crippen molar-refractivity contribution in [3.05, 3.63) is 36.0 Å². The third-order valence-corrected chi connectivity index (χ3v) is 3.76. The minimum absolute atomic E-state index is 0.203. The molecular weight excluding hydrogens is 250 g/mol. The largest absolute Gasteiger partial charge is 0.464 e. The Morgan fingerprint density at radius 2 is 2.00 bits per heavy atom. The Balaban J connectivity index is 2.48. The Morgan fingerprint density at radius 3 is 2.60 bits per heavy atom. The molecule has 1 aromatic carbocycles. The number of carbonyl (C=O) groups excluding carboxylic acids is 1. The zero-order valence-corrected chi connectivity index (χ0v) is 12.9.